The van der Waals surface area contributed by atoms with Gasteiger partial charge in [-0.05, 0) is 51.3 Å². The molecule has 1 aromatic carbocycles. The number of carbonyl (C=O) groups excluding carboxylic acids is 1. The molecule has 0 radical (unpaired) electrons. The first-order valence-electron chi connectivity index (χ1n) is 8.36. The van der Waals surface area contributed by atoms with Crippen molar-refractivity contribution in [2.75, 3.05) is 26.2 Å². The molecule has 2 heterocycles. The Labute approximate surface area is 132 Å². The van der Waals surface area contributed by atoms with Gasteiger partial charge in [0.05, 0.1) is 0 Å². The zero-order valence-corrected chi connectivity index (χ0v) is 13.4. The Morgan fingerprint density at radius 1 is 1.18 bits per heavy atom. The minimum atomic E-state index is -1.19. The van der Waals surface area contributed by atoms with Crippen LogP contribution in [-0.4, -0.2) is 52.6 Å². The van der Waals surface area contributed by atoms with Crippen LogP contribution in [0.4, 0.5) is 0 Å². The summed E-state index contributed by atoms with van der Waals surface area (Å²) in [4.78, 5) is 16.8. The summed E-state index contributed by atoms with van der Waals surface area (Å²) in [6.07, 6.45) is 3.82. The monoisotopic (exact) mass is 302 g/mol. The van der Waals surface area contributed by atoms with Crippen LogP contribution in [-0.2, 0) is 11.3 Å². The zero-order chi connectivity index (χ0) is 15.6. The predicted octanol–water partition coefficient (Wildman–Crippen LogP) is 1.94. The third kappa shape index (κ3) is 3.33. The lowest BCUT2D eigenvalue weighted by Crippen LogP contribution is -2.58. The number of likely N-dealkylation sites (tertiary alicyclic amines) is 2. The van der Waals surface area contributed by atoms with Crippen LogP contribution >= 0.6 is 0 Å². The third-order valence-electron chi connectivity index (χ3n) is 4.84. The first kappa shape index (κ1) is 15.5. The van der Waals surface area contributed by atoms with Gasteiger partial charge < -0.3 is 10.0 Å². The van der Waals surface area contributed by atoms with Crippen molar-refractivity contribution < 1.29 is 9.90 Å². The number of amides is 1. The number of carbonyl (C=O) groups is 1. The molecule has 1 atom stereocenters. The van der Waals surface area contributed by atoms with Gasteiger partial charge in [0.2, 0.25) is 0 Å². The highest BCUT2D eigenvalue weighted by Gasteiger charge is 2.43. The molecule has 0 spiro atoms. The van der Waals surface area contributed by atoms with Gasteiger partial charge in [0, 0.05) is 19.6 Å². The standard InChI is InChI=1S/C18H26N2O2/c1-15-6-4-7-16(12-15)13-20-11-5-8-18(22,17(20)21)14-19-9-2-3-10-19/h4,6-7,12,22H,2-3,5,8-11,13-14H2,1H3. The van der Waals surface area contributed by atoms with Gasteiger partial charge in [-0.25, -0.2) is 0 Å². The summed E-state index contributed by atoms with van der Waals surface area (Å²) < 4.78 is 0. The van der Waals surface area contributed by atoms with Crippen LogP contribution in [0.25, 0.3) is 0 Å². The Morgan fingerprint density at radius 3 is 2.68 bits per heavy atom. The molecule has 3 rings (SSSR count). The van der Waals surface area contributed by atoms with Crippen LogP contribution in [0.3, 0.4) is 0 Å². The smallest absolute Gasteiger partial charge is 0.256 e. The van der Waals surface area contributed by atoms with Gasteiger partial charge >= 0.3 is 0 Å². The number of rotatable bonds is 4. The molecule has 2 saturated heterocycles. The fourth-order valence-corrected chi connectivity index (χ4v) is 3.70. The molecule has 2 aliphatic rings. The van der Waals surface area contributed by atoms with E-state index in [1.54, 1.807) is 0 Å². The molecule has 4 nitrogen and oxygen atoms in total. The molecule has 0 aromatic heterocycles. The number of nitrogens with zero attached hydrogens (tertiary/aromatic N) is 2. The Bertz CT molecular complexity index is 540. The highest BCUT2D eigenvalue weighted by molar-refractivity contribution is 5.86. The summed E-state index contributed by atoms with van der Waals surface area (Å²) in [6, 6.07) is 8.25. The van der Waals surface area contributed by atoms with E-state index in [0.717, 1.165) is 31.6 Å². The van der Waals surface area contributed by atoms with E-state index in [1.165, 1.54) is 18.4 Å². The van der Waals surface area contributed by atoms with Crippen LogP contribution in [0.5, 0.6) is 0 Å². The number of β-amino-alcohol motifs (C(OH)–C–C–N with tert-alkyl or cyclic N) is 1. The predicted molar refractivity (Wildman–Crippen MR) is 86.5 cm³/mol. The van der Waals surface area contributed by atoms with Crippen molar-refractivity contribution in [1.82, 2.24) is 9.80 Å². The molecule has 2 fully saturated rings. The molecule has 1 amide bonds. The molecule has 1 aromatic rings. The van der Waals surface area contributed by atoms with E-state index in [2.05, 4.69) is 30.0 Å². The van der Waals surface area contributed by atoms with Crippen molar-refractivity contribution in [2.45, 2.75) is 44.8 Å². The first-order chi connectivity index (χ1) is 10.6. The molecule has 1 N–H and O–H groups in total. The van der Waals surface area contributed by atoms with Gasteiger partial charge in [0.15, 0.2) is 5.60 Å². The van der Waals surface area contributed by atoms with Crippen LogP contribution < -0.4 is 0 Å². The van der Waals surface area contributed by atoms with Crippen molar-refractivity contribution in [1.29, 1.82) is 0 Å². The molecular weight excluding hydrogens is 276 g/mol. The van der Waals surface area contributed by atoms with Crippen LogP contribution in [0.2, 0.25) is 0 Å². The molecule has 22 heavy (non-hydrogen) atoms. The Balaban J connectivity index is 1.68. The number of hydrogen-bond acceptors (Lipinski definition) is 3. The molecule has 2 aliphatic heterocycles. The topological polar surface area (TPSA) is 43.8 Å². The lowest BCUT2D eigenvalue weighted by molar-refractivity contribution is -0.159. The Morgan fingerprint density at radius 2 is 1.95 bits per heavy atom. The second-order valence-electron chi connectivity index (χ2n) is 6.83. The van der Waals surface area contributed by atoms with Gasteiger partial charge in [-0.15, -0.1) is 0 Å². The van der Waals surface area contributed by atoms with E-state index in [1.807, 2.05) is 11.0 Å². The SMILES string of the molecule is Cc1cccc(CN2CCCC(O)(CN3CCCC3)C2=O)c1. The number of benzene rings is 1. The quantitative estimate of drug-likeness (QED) is 0.924. The molecule has 120 valence electrons. The number of piperidine rings is 1. The van der Waals surface area contributed by atoms with E-state index in [9.17, 15) is 9.90 Å². The molecule has 0 bridgehead atoms. The Hall–Kier alpha value is -1.39. The van der Waals surface area contributed by atoms with Crippen molar-refractivity contribution in [3.63, 3.8) is 0 Å². The summed E-state index contributed by atoms with van der Waals surface area (Å²) >= 11 is 0. The van der Waals surface area contributed by atoms with E-state index in [-0.39, 0.29) is 5.91 Å². The summed E-state index contributed by atoms with van der Waals surface area (Å²) in [5.41, 5.74) is 1.15. The minimum Gasteiger partial charge on any atom is -0.379 e. The maximum absolute atomic E-state index is 12.8. The molecule has 0 saturated carbocycles. The van der Waals surface area contributed by atoms with Crippen molar-refractivity contribution in [2.24, 2.45) is 0 Å². The number of hydrogen-bond donors (Lipinski definition) is 1. The first-order valence-corrected chi connectivity index (χ1v) is 8.36. The van der Waals surface area contributed by atoms with Gasteiger partial charge in [0.25, 0.3) is 5.91 Å². The van der Waals surface area contributed by atoms with Crippen molar-refractivity contribution in [3.8, 4) is 0 Å². The molecular formula is C18H26N2O2. The van der Waals surface area contributed by atoms with Gasteiger partial charge in [0.1, 0.15) is 0 Å². The Kier molecular flexibility index (Phi) is 4.50. The van der Waals surface area contributed by atoms with E-state index >= 15 is 0 Å². The largest absolute Gasteiger partial charge is 0.379 e. The maximum atomic E-state index is 12.8. The zero-order valence-electron chi connectivity index (χ0n) is 13.4. The summed E-state index contributed by atoms with van der Waals surface area (Å²) in [5.74, 6) is -0.0906. The molecule has 1 unspecified atom stereocenters. The number of aliphatic hydroxyl groups is 1. The van der Waals surface area contributed by atoms with E-state index in [0.29, 0.717) is 19.5 Å². The van der Waals surface area contributed by atoms with Crippen LogP contribution in [0.1, 0.15) is 36.8 Å². The third-order valence-corrected chi connectivity index (χ3v) is 4.84. The second-order valence-corrected chi connectivity index (χ2v) is 6.83. The van der Waals surface area contributed by atoms with Crippen molar-refractivity contribution in [3.05, 3.63) is 35.4 Å². The van der Waals surface area contributed by atoms with Gasteiger partial charge in [-0.1, -0.05) is 29.8 Å². The lowest BCUT2D eigenvalue weighted by Gasteiger charge is -2.40. The second kappa shape index (κ2) is 6.39. The van der Waals surface area contributed by atoms with Crippen LogP contribution in [0, 0.1) is 6.92 Å². The van der Waals surface area contributed by atoms with E-state index < -0.39 is 5.60 Å². The minimum absolute atomic E-state index is 0.0906. The fourth-order valence-electron chi connectivity index (χ4n) is 3.70. The summed E-state index contributed by atoms with van der Waals surface area (Å²) in [7, 11) is 0. The normalized spacial score (nSPS) is 26.6. The summed E-state index contributed by atoms with van der Waals surface area (Å²) in [6.45, 7) is 5.92. The summed E-state index contributed by atoms with van der Waals surface area (Å²) in [5, 5.41) is 10.9. The highest BCUT2D eigenvalue weighted by atomic mass is 16.3. The average Bonchev–Trinajstić information content (AvgIpc) is 2.97. The lowest BCUT2D eigenvalue weighted by atomic mass is 9.90. The highest BCUT2D eigenvalue weighted by Crippen LogP contribution is 2.26. The average molecular weight is 302 g/mol. The van der Waals surface area contributed by atoms with Crippen LogP contribution in [0.15, 0.2) is 24.3 Å². The molecule has 4 heteroatoms. The molecule has 0 aliphatic carbocycles. The van der Waals surface area contributed by atoms with Crippen molar-refractivity contribution >= 4 is 5.91 Å². The fraction of sp³-hybridized carbons (Fsp3) is 0.611. The number of aryl methyl sites for hydroxylation is 1. The van der Waals surface area contributed by atoms with Gasteiger partial charge in [-0.3, -0.25) is 9.69 Å². The van der Waals surface area contributed by atoms with E-state index in [4.69, 9.17) is 0 Å². The van der Waals surface area contributed by atoms with Gasteiger partial charge in [-0.2, -0.15) is 0 Å². The maximum Gasteiger partial charge on any atom is 0.256 e.